The van der Waals surface area contributed by atoms with Gasteiger partial charge in [-0.05, 0) is 30.2 Å². The minimum atomic E-state index is -0.0156. The number of rotatable bonds is 6. The third kappa shape index (κ3) is 4.93. The number of hydrogen-bond donors (Lipinski definition) is 1. The van der Waals surface area contributed by atoms with Gasteiger partial charge in [0.1, 0.15) is 0 Å². The number of nitrogen functional groups attached to an aromatic ring is 1. The van der Waals surface area contributed by atoms with Gasteiger partial charge in [0.2, 0.25) is 0 Å². The van der Waals surface area contributed by atoms with E-state index in [2.05, 4.69) is 18.7 Å². The molecule has 0 saturated carbocycles. The lowest BCUT2D eigenvalue weighted by Gasteiger charge is -2.21. The van der Waals surface area contributed by atoms with E-state index in [0.717, 1.165) is 6.42 Å². The molecule has 3 nitrogen and oxygen atoms in total. The van der Waals surface area contributed by atoms with Crippen molar-refractivity contribution in [2.24, 2.45) is 0 Å². The van der Waals surface area contributed by atoms with Crippen molar-refractivity contribution >= 4 is 24.0 Å². The van der Waals surface area contributed by atoms with Crippen LogP contribution in [0.2, 0.25) is 0 Å². The lowest BCUT2D eigenvalue weighted by atomic mass is 10.1. The molecule has 1 amide bonds. The second-order valence-corrected chi connectivity index (χ2v) is 4.90. The van der Waals surface area contributed by atoms with Crippen LogP contribution in [0.4, 0.5) is 5.69 Å². The first-order chi connectivity index (χ1) is 10.2. The third-order valence-corrected chi connectivity index (χ3v) is 3.28. The number of halogens is 1. The summed E-state index contributed by atoms with van der Waals surface area (Å²) in [7, 11) is 0. The Morgan fingerprint density at radius 3 is 2.50 bits per heavy atom. The molecule has 2 rings (SSSR count). The maximum Gasteiger partial charge on any atom is 0.254 e. The number of carbonyl (C=O) groups excluding carboxylic acids is 1. The van der Waals surface area contributed by atoms with E-state index in [9.17, 15) is 4.79 Å². The molecule has 2 aromatic carbocycles. The fraction of sp³-hybridized carbons (Fsp3) is 0.167. The SMILES string of the molecule is C=CCN(CCc1ccccc1)C(=O)c1cccc(N)c1.Cl. The zero-order chi connectivity index (χ0) is 15.1. The molecule has 2 N–H and O–H groups in total. The Labute approximate surface area is 137 Å². The van der Waals surface area contributed by atoms with Crippen molar-refractivity contribution in [3.8, 4) is 0 Å². The molecule has 0 atom stereocenters. The largest absolute Gasteiger partial charge is 0.399 e. The first kappa shape index (κ1) is 17.8. The van der Waals surface area contributed by atoms with Gasteiger partial charge in [0, 0.05) is 24.3 Å². The van der Waals surface area contributed by atoms with Gasteiger partial charge in [-0.1, -0.05) is 42.5 Å². The molecule has 0 radical (unpaired) electrons. The van der Waals surface area contributed by atoms with E-state index in [0.29, 0.717) is 24.3 Å². The molecular weight excluding hydrogens is 296 g/mol. The molecule has 0 fully saturated rings. The topological polar surface area (TPSA) is 46.3 Å². The standard InChI is InChI=1S/C18H20N2O.ClH/c1-2-12-20(13-11-15-7-4-3-5-8-15)18(21)16-9-6-10-17(19)14-16;/h2-10,14H,1,11-13,19H2;1H. The Kier molecular flexibility index (Phi) is 7.20. The first-order valence-electron chi connectivity index (χ1n) is 7.00. The molecule has 0 bridgehead atoms. The molecule has 0 unspecified atom stereocenters. The number of carbonyl (C=O) groups is 1. The summed E-state index contributed by atoms with van der Waals surface area (Å²) in [6.45, 7) is 4.92. The lowest BCUT2D eigenvalue weighted by Crippen LogP contribution is -2.33. The van der Waals surface area contributed by atoms with Crippen molar-refractivity contribution in [1.29, 1.82) is 0 Å². The summed E-state index contributed by atoms with van der Waals surface area (Å²) in [6.07, 6.45) is 2.57. The molecule has 2 aromatic rings. The molecular formula is C18H21ClN2O. The normalized spacial score (nSPS) is 9.64. The van der Waals surface area contributed by atoms with Crippen LogP contribution < -0.4 is 5.73 Å². The summed E-state index contributed by atoms with van der Waals surface area (Å²) in [6, 6.07) is 17.2. The van der Waals surface area contributed by atoms with E-state index in [1.807, 2.05) is 18.2 Å². The Balaban J connectivity index is 0.00000242. The van der Waals surface area contributed by atoms with Gasteiger partial charge in [-0.25, -0.2) is 0 Å². The molecule has 0 aliphatic rings. The van der Waals surface area contributed by atoms with E-state index in [1.165, 1.54) is 5.56 Å². The van der Waals surface area contributed by atoms with Crippen molar-refractivity contribution in [3.63, 3.8) is 0 Å². The minimum Gasteiger partial charge on any atom is -0.399 e. The van der Waals surface area contributed by atoms with Gasteiger partial charge < -0.3 is 10.6 Å². The Bertz CT molecular complexity index is 613. The predicted octanol–water partition coefficient (Wildman–Crippen LogP) is 3.56. The average molecular weight is 317 g/mol. The highest BCUT2D eigenvalue weighted by molar-refractivity contribution is 5.95. The Morgan fingerprint density at radius 2 is 1.86 bits per heavy atom. The van der Waals surface area contributed by atoms with Crippen LogP contribution in [-0.2, 0) is 6.42 Å². The van der Waals surface area contributed by atoms with E-state index in [1.54, 1.807) is 35.2 Å². The second-order valence-electron chi connectivity index (χ2n) is 4.90. The zero-order valence-electron chi connectivity index (χ0n) is 12.4. The fourth-order valence-corrected chi connectivity index (χ4v) is 2.19. The van der Waals surface area contributed by atoms with Gasteiger partial charge in [-0.15, -0.1) is 19.0 Å². The average Bonchev–Trinajstić information content (AvgIpc) is 2.52. The van der Waals surface area contributed by atoms with Gasteiger partial charge in [-0.3, -0.25) is 4.79 Å². The molecule has 0 heterocycles. The summed E-state index contributed by atoms with van der Waals surface area (Å²) in [5.74, 6) is -0.0156. The summed E-state index contributed by atoms with van der Waals surface area (Å²) in [4.78, 5) is 14.3. The molecule has 116 valence electrons. The quantitative estimate of drug-likeness (QED) is 0.654. The number of nitrogens with two attached hydrogens (primary N) is 1. The molecule has 4 heteroatoms. The van der Waals surface area contributed by atoms with Gasteiger partial charge in [-0.2, -0.15) is 0 Å². The Hall–Kier alpha value is -2.26. The number of anilines is 1. The zero-order valence-corrected chi connectivity index (χ0v) is 13.3. The fourth-order valence-electron chi connectivity index (χ4n) is 2.19. The smallest absolute Gasteiger partial charge is 0.254 e. The summed E-state index contributed by atoms with van der Waals surface area (Å²) < 4.78 is 0. The molecule has 0 spiro atoms. The highest BCUT2D eigenvalue weighted by Crippen LogP contribution is 2.11. The van der Waals surface area contributed by atoms with Crippen molar-refractivity contribution in [2.45, 2.75) is 6.42 Å². The van der Waals surface area contributed by atoms with Crippen molar-refractivity contribution in [1.82, 2.24) is 4.90 Å². The summed E-state index contributed by atoms with van der Waals surface area (Å²) >= 11 is 0. The van der Waals surface area contributed by atoms with E-state index >= 15 is 0 Å². The van der Waals surface area contributed by atoms with Crippen molar-refractivity contribution < 1.29 is 4.79 Å². The van der Waals surface area contributed by atoms with Gasteiger partial charge in [0.15, 0.2) is 0 Å². The summed E-state index contributed by atoms with van der Waals surface area (Å²) in [5.41, 5.74) is 8.17. The monoisotopic (exact) mass is 316 g/mol. The summed E-state index contributed by atoms with van der Waals surface area (Å²) in [5, 5.41) is 0. The van der Waals surface area contributed by atoms with Gasteiger partial charge in [0.05, 0.1) is 0 Å². The third-order valence-electron chi connectivity index (χ3n) is 3.28. The van der Waals surface area contributed by atoms with Crippen LogP contribution in [0.5, 0.6) is 0 Å². The number of benzene rings is 2. The lowest BCUT2D eigenvalue weighted by molar-refractivity contribution is 0.0775. The van der Waals surface area contributed by atoms with Crippen molar-refractivity contribution in [3.05, 3.63) is 78.4 Å². The molecule has 0 saturated heterocycles. The molecule has 22 heavy (non-hydrogen) atoms. The van der Waals surface area contributed by atoms with Gasteiger partial charge in [0.25, 0.3) is 5.91 Å². The number of amides is 1. The second kappa shape index (κ2) is 8.90. The maximum absolute atomic E-state index is 12.5. The first-order valence-corrected chi connectivity index (χ1v) is 7.00. The van der Waals surface area contributed by atoms with Crippen molar-refractivity contribution in [2.75, 3.05) is 18.8 Å². The van der Waals surface area contributed by atoms with Crippen LogP contribution in [0.1, 0.15) is 15.9 Å². The highest BCUT2D eigenvalue weighted by atomic mass is 35.5. The van der Waals surface area contributed by atoms with Gasteiger partial charge >= 0.3 is 0 Å². The van der Waals surface area contributed by atoms with E-state index in [4.69, 9.17) is 5.73 Å². The van der Waals surface area contributed by atoms with Crippen LogP contribution in [-0.4, -0.2) is 23.9 Å². The maximum atomic E-state index is 12.5. The van der Waals surface area contributed by atoms with Crippen LogP contribution in [0.25, 0.3) is 0 Å². The Morgan fingerprint density at radius 1 is 1.14 bits per heavy atom. The minimum absolute atomic E-state index is 0. The van der Waals surface area contributed by atoms with Crippen LogP contribution in [0.3, 0.4) is 0 Å². The predicted molar refractivity (Wildman–Crippen MR) is 94.3 cm³/mol. The molecule has 0 aliphatic heterocycles. The highest BCUT2D eigenvalue weighted by Gasteiger charge is 2.14. The van der Waals surface area contributed by atoms with E-state index < -0.39 is 0 Å². The number of hydrogen-bond acceptors (Lipinski definition) is 2. The molecule has 0 aromatic heterocycles. The van der Waals surface area contributed by atoms with Crippen LogP contribution in [0, 0.1) is 0 Å². The molecule has 0 aliphatic carbocycles. The van der Waals surface area contributed by atoms with E-state index in [-0.39, 0.29) is 18.3 Å². The number of nitrogens with zero attached hydrogens (tertiary/aromatic N) is 1. The van der Waals surface area contributed by atoms with Crippen LogP contribution in [0.15, 0.2) is 67.3 Å². The van der Waals surface area contributed by atoms with Crippen LogP contribution >= 0.6 is 12.4 Å².